The van der Waals surface area contributed by atoms with Crippen molar-refractivity contribution in [3.8, 4) is 28.2 Å². The first-order chi connectivity index (χ1) is 16.0. The van der Waals surface area contributed by atoms with Gasteiger partial charge in [-0.25, -0.2) is 13.8 Å². The minimum Gasteiger partial charge on any atom is -0.392 e. The molecular weight excluding hydrogens is 428 g/mol. The van der Waals surface area contributed by atoms with Crippen molar-refractivity contribution in [3.63, 3.8) is 0 Å². The van der Waals surface area contributed by atoms with Crippen LogP contribution in [0.1, 0.15) is 12.0 Å². The highest BCUT2D eigenvalue weighted by Crippen LogP contribution is 2.30. The van der Waals surface area contributed by atoms with E-state index in [9.17, 15) is 13.9 Å². The van der Waals surface area contributed by atoms with Crippen LogP contribution < -0.4 is 5.73 Å². The van der Waals surface area contributed by atoms with Gasteiger partial charge in [-0.1, -0.05) is 30.3 Å². The Hall–Kier alpha value is -3.76. The maximum Gasteiger partial charge on any atom is 0.190 e. The average Bonchev–Trinajstić information content (AvgIpc) is 3.46. The maximum absolute atomic E-state index is 14.4. The number of hydrogen-bond donors (Lipinski definition) is 2. The number of halogens is 2. The summed E-state index contributed by atoms with van der Waals surface area (Å²) in [6, 6.07) is 13.6. The number of hydrogen-bond acceptors (Lipinski definition) is 7. The summed E-state index contributed by atoms with van der Waals surface area (Å²) < 4.78 is 29.2. The van der Waals surface area contributed by atoms with Crippen LogP contribution in [0.4, 0.5) is 14.6 Å². The van der Waals surface area contributed by atoms with Gasteiger partial charge in [0, 0.05) is 31.4 Å². The zero-order chi connectivity index (χ0) is 22.9. The van der Waals surface area contributed by atoms with Crippen molar-refractivity contribution in [1.82, 2.24) is 30.1 Å². The Balaban J connectivity index is 1.45. The highest BCUT2D eigenvalue weighted by Gasteiger charge is 2.21. The average molecular weight is 449 g/mol. The van der Waals surface area contributed by atoms with Crippen LogP contribution in [-0.2, 0) is 6.54 Å². The molecule has 168 valence electrons. The molecule has 3 heterocycles. The van der Waals surface area contributed by atoms with Crippen molar-refractivity contribution in [3.05, 3.63) is 71.9 Å². The van der Waals surface area contributed by atoms with E-state index in [1.54, 1.807) is 12.3 Å². The number of anilines is 1. The zero-order valence-electron chi connectivity index (χ0n) is 17.6. The van der Waals surface area contributed by atoms with Crippen molar-refractivity contribution in [2.75, 3.05) is 18.8 Å². The lowest BCUT2D eigenvalue weighted by atomic mass is 10.0. The predicted octanol–water partition coefficient (Wildman–Crippen LogP) is 2.82. The molecule has 1 aliphatic heterocycles. The van der Waals surface area contributed by atoms with Gasteiger partial charge in [0.05, 0.1) is 11.7 Å². The van der Waals surface area contributed by atoms with Crippen LogP contribution in [0.15, 0.2) is 54.7 Å². The molecule has 2 aromatic heterocycles. The summed E-state index contributed by atoms with van der Waals surface area (Å²) in [5.41, 5.74) is 9.18. The number of pyridine rings is 1. The van der Waals surface area contributed by atoms with Crippen LogP contribution in [-0.4, -0.2) is 54.4 Å². The second-order valence-corrected chi connectivity index (χ2v) is 8.02. The summed E-state index contributed by atoms with van der Waals surface area (Å²) >= 11 is 0. The number of aliphatic hydroxyl groups is 1. The van der Waals surface area contributed by atoms with Gasteiger partial charge in [0.2, 0.25) is 0 Å². The van der Waals surface area contributed by atoms with Gasteiger partial charge >= 0.3 is 0 Å². The fraction of sp³-hybridized carbons (Fsp3) is 0.217. The molecule has 0 unspecified atom stereocenters. The number of likely N-dealkylation sites (tertiary alicyclic amines) is 1. The molecule has 2 aromatic carbocycles. The van der Waals surface area contributed by atoms with E-state index in [1.165, 1.54) is 12.1 Å². The first kappa shape index (κ1) is 21.1. The van der Waals surface area contributed by atoms with Gasteiger partial charge in [0.15, 0.2) is 17.5 Å². The number of tetrazole rings is 1. The summed E-state index contributed by atoms with van der Waals surface area (Å²) in [5.74, 6) is -1.75. The minimum atomic E-state index is -1.06. The lowest BCUT2D eigenvalue weighted by Gasteiger charge is -2.15. The van der Waals surface area contributed by atoms with Crippen molar-refractivity contribution in [2.24, 2.45) is 0 Å². The Bertz CT molecular complexity index is 1290. The molecule has 33 heavy (non-hydrogen) atoms. The van der Waals surface area contributed by atoms with Gasteiger partial charge in [0.25, 0.3) is 0 Å². The van der Waals surface area contributed by atoms with Gasteiger partial charge in [-0.3, -0.25) is 4.90 Å². The third-order valence-electron chi connectivity index (χ3n) is 5.73. The number of β-amino-alcohol motifs (C(OH)–C–C–N with tert-alkyl or cyclic N) is 1. The van der Waals surface area contributed by atoms with Crippen LogP contribution in [0, 0.1) is 11.6 Å². The molecule has 0 saturated carbocycles. The third-order valence-corrected chi connectivity index (χ3v) is 5.73. The topological polar surface area (TPSA) is 106 Å². The molecule has 1 aliphatic rings. The van der Waals surface area contributed by atoms with Crippen LogP contribution >= 0.6 is 0 Å². The zero-order valence-corrected chi connectivity index (χ0v) is 17.6. The summed E-state index contributed by atoms with van der Waals surface area (Å²) in [4.78, 5) is 6.48. The van der Waals surface area contributed by atoms with E-state index in [-0.39, 0.29) is 23.4 Å². The quantitative estimate of drug-likeness (QED) is 0.483. The molecule has 0 spiro atoms. The second-order valence-electron chi connectivity index (χ2n) is 8.02. The molecule has 0 radical (unpaired) electrons. The van der Waals surface area contributed by atoms with E-state index < -0.39 is 11.6 Å². The monoisotopic (exact) mass is 449 g/mol. The number of nitrogens with two attached hydrogens (primary N) is 1. The van der Waals surface area contributed by atoms with E-state index in [4.69, 9.17) is 5.73 Å². The summed E-state index contributed by atoms with van der Waals surface area (Å²) in [6.07, 6.45) is 2.19. The van der Waals surface area contributed by atoms with Crippen molar-refractivity contribution < 1.29 is 13.9 Å². The molecule has 5 rings (SSSR count). The summed E-state index contributed by atoms with van der Waals surface area (Å²) in [7, 11) is 0. The number of benzene rings is 2. The summed E-state index contributed by atoms with van der Waals surface area (Å²) in [6.45, 7) is 2.35. The van der Waals surface area contributed by atoms with Crippen LogP contribution in [0.3, 0.4) is 0 Å². The Morgan fingerprint density at radius 2 is 1.91 bits per heavy atom. The molecule has 4 aromatic rings. The van der Waals surface area contributed by atoms with Crippen molar-refractivity contribution >= 4 is 5.82 Å². The largest absolute Gasteiger partial charge is 0.392 e. The molecule has 10 heteroatoms. The van der Waals surface area contributed by atoms with E-state index in [2.05, 4.69) is 25.4 Å². The SMILES string of the molecule is Nc1ncc(-c2ccc(CN3CC[C@H](O)C3)cc2)cc1-c1nnnn1-c1cccc(F)c1F. The van der Waals surface area contributed by atoms with Gasteiger partial charge in [-0.2, -0.15) is 4.68 Å². The normalized spacial score (nSPS) is 16.4. The van der Waals surface area contributed by atoms with E-state index in [0.29, 0.717) is 12.1 Å². The van der Waals surface area contributed by atoms with Crippen LogP contribution in [0.25, 0.3) is 28.2 Å². The molecule has 0 aliphatic carbocycles. The van der Waals surface area contributed by atoms with E-state index >= 15 is 0 Å². The molecule has 1 fully saturated rings. The van der Waals surface area contributed by atoms with Crippen LogP contribution in [0.2, 0.25) is 0 Å². The molecular formula is C23H21F2N7O. The van der Waals surface area contributed by atoms with Crippen LogP contribution in [0.5, 0.6) is 0 Å². The smallest absolute Gasteiger partial charge is 0.190 e. The Kier molecular flexibility index (Phi) is 5.53. The van der Waals surface area contributed by atoms with E-state index in [0.717, 1.165) is 46.9 Å². The fourth-order valence-electron chi connectivity index (χ4n) is 4.00. The lowest BCUT2D eigenvalue weighted by molar-refractivity contribution is 0.175. The van der Waals surface area contributed by atoms with Crippen molar-refractivity contribution in [2.45, 2.75) is 19.1 Å². The maximum atomic E-state index is 14.4. The second kappa shape index (κ2) is 8.64. The van der Waals surface area contributed by atoms with Gasteiger partial charge < -0.3 is 10.8 Å². The number of nitrogens with zero attached hydrogens (tertiary/aromatic N) is 6. The minimum absolute atomic E-state index is 0.129. The summed E-state index contributed by atoms with van der Waals surface area (Å²) in [5, 5.41) is 21.1. The lowest BCUT2D eigenvalue weighted by Crippen LogP contribution is -2.21. The highest BCUT2D eigenvalue weighted by atomic mass is 19.2. The predicted molar refractivity (Wildman–Crippen MR) is 118 cm³/mol. The third kappa shape index (κ3) is 4.18. The Morgan fingerprint density at radius 3 is 2.67 bits per heavy atom. The van der Waals surface area contributed by atoms with Gasteiger partial charge in [0.1, 0.15) is 11.5 Å². The first-order valence-electron chi connectivity index (χ1n) is 10.5. The Labute approximate surface area is 188 Å². The first-order valence-corrected chi connectivity index (χ1v) is 10.5. The standard InChI is InChI=1S/C23H21F2N7O/c24-19-2-1-3-20(21(19)25)32-23(28-29-30-32)18-10-16(11-27-22(18)26)15-6-4-14(5-7-15)12-31-9-8-17(33)13-31/h1-7,10-11,17,33H,8-9,12-13H2,(H2,26,27)/t17-/m0/s1. The number of nitrogen functional groups attached to an aromatic ring is 1. The highest BCUT2D eigenvalue weighted by molar-refractivity contribution is 5.76. The molecule has 8 nitrogen and oxygen atoms in total. The Morgan fingerprint density at radius 1 is 1.09 bits per heavy atom. The number of aromatic nitrogens is 5. The number of rotatable bonds is 5. The fourth-order valence-corrected chi connectivity index (χ4v) is 4.00. The molecule has 3 N–H and O–H groups in total. The molecule has 0 amide bonds. The van der Waals surface area contributed by atoms with Gasteiger partial charge in [-0.15, -0.1) is 5.10 Å². The van der Waals surface area contributed by atoms with E-state index in [1.807, 2.05) is 24.3 Å². The van der Waals surface area contributed by atoms with Gasteiger partial charge in [-0.05, 0) is 46.2 Å². The molecule has 1 atom stereocenters. The number of aliphatic hydroxyl groups excluding tert-OH is 1. The van der Waals surface area contributed by atoms with Crippen molar-refractivity contribution in [1.29, 1.82) is 0 Å². The molecule has 0 bridgehead atoms. The molecule has 1 saturated heterocycles.